The maximum atomic E-state index is 13.5. The van der Waals surface area contributed by atoms with Gasteiger partial charge in [0.2, 0.25) is 0 Å². The van der Waals surface area contributed by atoms with E-state index >= 15 is 0 Å². The van der Waals surface area contributed by atoms with E-state index in [0.717, 1.165) is 32.7 Å². The first-order valence-electron chi connectivity index (χ1n) is 12.0. The summed E-state index contributed by atoms with van der Waals surface area (Å²) in [6.07, 6.45) is 0.710. The average molecular weight is 513 g/mol. The van der Waals surface area contributed by atoms with Gasteiger partial charge in [-0.05, 0) is 79.4 Å². The zero-order valence-corrected chi connectivity index (χ0v) is 21.3. The summed E-state index contributed by atoms with van der Waals surface area (Å²) in [6, 6.07) is 14.7. The van der Waals surface area contributed by atoms with Gasteiger partial charge in [0, 0.05) is 12.0 Å². The highest BCUT2D eigenvalue weighted by Crippen LogP contribution is 2.45. The van der Waals surface area contributed by atoms with Gasteiger partial charge in [0.05, 0.1) is 21.8 Å². The fourth-order valence-electron chi connectivity index (χ4n) is 5.23. The third kappa shape index (κ3) is 3.76. The lowest BCUT2D eigenvalue weighted by Gasteiger charge is -2.23. The van der Waals surface area contributed by atoms with Crippen molar-refractivity contribution < 1.29 is 24.5 Å². The molecular formula is C29H24N2O5S. The molecule has 186 valence electrons. The number of nitrogens with zero attached hydrogens (tertiary/aromatic N) is 2. The van der Waals surface area contributed by atoms with Gasteiger partial charge < -0.3 is 14.9 Å². The van der Waals surface area contributed by atoms with Gasteiger partial charge in [-0.2, -0.15) is 0 Å². The van der Waals surface area contributed by atoms with Crippen LogP contribution in [0.25, 0.3) is 16.0 Å². The number of Topliss-reactive ketones (excluding diaryl/α,β-unsaturated/α-hetero) is 1. The first-order chi connectivity index (χ1) is 17.7. The van der Waals surface area contributed by atoms with E-state index in [1.807, 2.05) is 32.9 Å². The number of ketones is 1. The molecule has 0 bridgehead atoms. The summed E-state index contributed by atoms with van der Waals surface area (Å²) in [5.74, 6) is -1.12. The molecule has 8 heteroatoms. The summed E-state index contributed by atoms with van der Waals surface area (Å²) < 4.78 is 6.67. The second-order valence-electron chi connectivity index (χ2n) is 9.64. The van der Waals surface area contributed by atoms with Crippen molar-refractivity contribution in [3.05, 3.63) is 88.0 Å². The van der Waals surface area contributed by atoms with E-state index in [9.17, 15) is 19.8 Å². The number of aromatic nitrogens is 1. The number of thiazole rings is 1. The molecule has 3 aromatic carbocycles. The lowest BCUT2D eigenvalue weighted by Crippen LogP contribution is -2.29. The van der Waals surface area contributed by atoms with Gasteiger partial charge in [0.1, 0.15) is 23.4 Å². The first-order valence-corrected chi connectivity index (χ1v) is 12.8. The molecular weight excluding hydrogens is 488 g/mol. The Morgan fingerprint density at radius 3 is 2.70 bits per heavy atom. The first kappa shape index (κ1) is 23.2. The molecule has 1 saturated heterocycles. The van der Waals surface area contributed by atoms with E-state index < -0.39 is 17.7 Å². The van der Waals surface area contributed by atoms with E-state index in [1.165, 1.54) is 28.4 Å². The quantitative estimate of drug-likeness (QED) is 0.212. The van der Waals surface area contributed by atoms with Crippen molar-refractivity contribution in [3.8, 4) is 11.5 Å². The molecule has 0 aliphatic carbocycles. The number of aromatic hydroxyl groups is 1. The largest absolute Gasteiger partial charge is 0.508 e. The summed E-state index contributed by atoms with van der Waals surface area (Å²) >= 11 is 1.32. The number of hydrogen-bond acceptors (Lipinski definition) is 7. The van der Waals surface area contributed by atoms with Crippen LogP contribution in [0.1, 0.15) is 40.8 Å². The van der Waals surface area contributed by atoms with E-state index in [2.05, 4.69) is 0 Å². The van der Waals surface area contributed by atoms with Crippen molar-refractivity contribution in [1.29, 1.82) is 0 Å². The Balaban J connectivity index is 1.55. The van der Waals surface area contributed by atoms with Crippen LogP contribution < -0.4 is 9.64 Å². The van der Waals surface area contributed by atoms with Crippen LogP contribution >= 0.6 is 11.3 Å². The Morgan fingerprint density at radius 1 is 1.11 bits per heavy atom. The minimum absolute atomic E-state index is 0.0116. The molecule has 0 radical (unpaired) electrons. The Bertz CT molecular complexity index is 1650. The molecule has 2 aliphatic heterocycles. The zero-order chi connectivity index (χ0) is 26.0. The van der Waals surface area contributed by atoms with Crippen LogP contribution in [0.15, 0.2) is 60.2 Å². The topological polar surface area (TPSA) is 100.0 Å². The molecule has 0 saturated carbocycles. The molecule has 1 fully saturated rings. The van der Waals surface area contributed by atoms with Gasteiger partial charge in [-0.25, -0.2) is 4.98 Å². The summed E-state index contributed by atoms with van der Waals surface area (Å²) in [4.78, 5) is 33.0. The smallest absolute Gasteiger partial charge is 0.301 e. The molecule has 2 N–H and O–H groups in total. The number of aliphatic hydroxyl groups excluding tert-OH is 1. The molecule has 7 nitrogen and oxygen atoms in total. The van der Waals surface area contributed by atoms with Crippen molar-refractivity contribution in [2.45, 2.75) is 39.3 Å². The number of phenolic OH excluding ortho intramolecular Hbond substituents is 1. The Labute approximate surface area is 217 Å². The summed E-state index contributed by atoms with van der Waals surface area (Å²) in [7, 11) is 0. The molecule has 4 aromatic rings. The fourth-order valence-corrected chi connectivity index (χ4v) is 6.40. The van der Waals surface area contributed by atoms with E-state index in [0.29, 0.717) is 22.7 Å². The number of carbonyl (C=O) groups excluding carboxylic acids is 2. The molecule has 2 aliphatic rings. The minimum atomic E-state index is -0.961. The highest BCUT2D eigenvalue weighted by Gasteiger charge is 2.48. The zero-order valence-electron chi connectivity index (χ0n) is 20.5. The van der Waals surface area contributed by atoms with Crippen molar-refractivity contribution >= 4 is 44.1 Å². The molecule has 0 unspecified atom stereocenters. The van der Waals surface area contributed by atoms with Crippen LogP contribution in [0, 0.1) is 13.8 Å². The number of aliphatic hydroxyl groups is 1. The van der Waals surface area contributed by atoms with Crippen LogP contribution in [0.4, 0.5) is 5.13 Å². The SMILES string of the molecule is Cc1cc(C)c2nc(N3C(=O)C(=O)/C(=C(/O)c4ccc5c(c4)C[C@@H](C)O5)[C@H]3c3cccc(O)c3)sc2c1. The van der Waals surface area contributed by atoms with Crippen molar-refractivity contribution in [3.63, 3.8) is 0 Å². The lowest BCUT2D eigenvalue weighted by molar-refractivity contribution is -0.132. The molecule has 6 rings (SSSR count). The standard InChI is InChI=1S/C29H24N2O5S/c1-14-9-15(2)24-22(10-14)37-29(30-24)31-25(17-5-4-6-20(32)13-17)23(27(34)28(31)35)26(33)18-7-8-21-19(12-18)11-16(3)36-21/h4-10,12-13,16,25,32-33H,11H2,1-3H3/b26-23+/t16-,25-/m1/s1. The van der Waals surface area contributed by atoms with Gasteiger partial charge in [-0.3, -0.25) is 14.5 Å². The number of phenols is 1. The molecule has 0 spiro atoms. The number of hydrogen-bond donors (Lipinski definition) is 2. The predicted octanol–water partition coefficient (Wildman–Crippen LogP) is 5.57. The normalized spacial score (nSPS) is 20.5. The third-order valence-corrected chi connectivity index (χ3v) is 7.83. The van der Waals surface area contributed by atoms with E-state index in [4.69, 9.17) is 9.72 Å². The van der Waals surface area contributed by atoms with Gasteiger partial charge in [-0.1, -0.05) is 29.5 Å². The van der Waals surface area contributed by atoms with Crippen molar-refractivity contribution in [1.82, 2.24) is 4.98 Å². The summed E-state index contributed by atoms with van der Waals surface area (Å²) in [6.45, 7) is 5.92. The summed E-state index contributed by atoms with van der Waals surface area (Å²) in [5, 5.41) is 22.0. The maximum Gasteiger partial charge on any atom is 0.301 e. The Kier molecular flexibility index (Phi) is 5.31. The Hall–Kier alpha value is -4.17. The number of anilines is 1. The number of amides is 1. The minimum Gasteiger partial charge on any atom is -0.508 e. The molecule has 2 atom stereocenters. The van der Waals surface area contributed by atoms with E-state index in [-0.39, 0.29) is 23.2 Å². The third-order valence-electron chi connectivity index (χ3n) is 6.82. The Morgan fingerprint density at radius 2 is 1.92 bits per heavy atom. The van der Waals surface area contributed by atoms with Crippen LogP contribution in [0.2, 0.25) is 0 Å². The number of rotatable bonds is 3. The number of ether oxygens (including phenoxy) is 1. The molecule has 1 amide bonds. The monoisotopic (exact) mass is 512 g/mol. The molecule has 37 heavy (non-hydrogen) atoms. The van der Waals surface area contributed by atoms with Gasteiger partial charge in [-0.15, -0.1) is 0 Å². The predicted molar refractivity (Wildman–Crippen MR) is 142 cm³/mol. The van der Waals surface area contributed by atoms with Crippen LogP contribution in [0.5, 0.6) is 11.5 Å². The highest BCUT2D eigenvalue weighted by atomic mass is 32.1. The number of carbonyl (C=O) groups is 2. The maximum absolute atomic E-state index is 13.5. The lowest BCUT2D eigenvalue weighted by atomic mass is 9.94. The number of aryl methyl sites for hydroxylation is 2. The van der Waals surface area contributed by atoms with Gasteiger partial charge in [0.15, 0.2) is 5.13 Å². The second-order valence-corrected chi connectivity index (χ2v) is 10.7. The van der Waals surface area contributed by atoms with Crippen LogP contribution in [0.3, 0.4) is 0 Å². The van der Waals surface area contributed by atoms with Crippen LogP contribution in [-0.2, 0) is 16.0 Å². The summed E-state index contributed by atoms with van der Waals surface area (Å²) in [5.41, 5.74) is 4.60. The number of fused-ring (bicyclic) bond motifs is 2. The van der Waals surface area contributed by atoms with Crippen molar-refractivity contribution in [2.75, 3.05) is 4.90 Å². The van der Waals surface area contributed by atoms with E-state index in [1.54, 1.807) is 30.3 Å². The number of benzene rings is 3. The van der Waals surface area contributed by atoms with Gasteiger partial charge in [0.25, 0.3) is 5.78 Å². The highest BCUT2D eigenvalue weighted by molar-refractivity contribution is 7.22. The van der Waals surface area contributed by atoms with Crippen molar-refractivity contribution in [2.24, 2.45) is 0 Å². The molecule has 1 aromatic heterocycles. The van der Waals surface area contributed by atoms with Crippen LogP contribution in [-0.4, -0.2) is 33.0 Å². The molecule has 3 heterocycles. The average Bonchev–Trinajstić information content (AvgIpc) is 3.51. The fraction of sp³-hybridized carbons (Fsp3) is 0.207. The second kappa shape index (κ2) is 8.45. The van der Waals surface area contributed by atoms with Gasteiger partial charge >= 0.3 is 5.91 Å².